The van der Waals surface area contributed by atoms with Crippen molar-refractivity contribution in [3.05, 3.63) is 11.9 Å². The van der Waals surface area contributed by atoms with Gasteiger partial charge in [-0.2, -0.15) is 0 Å². The summed E-state index contributed by atoms with van der Waals surface area (Å²) in [5, 5.41) is 31.7. The Labute approximate surface area is 223 Å². The fraction of sp³-hybridized carbons (Fsp3) is 0.875. The molecule has 5 N–H and O–H groups in total. The molecule has 3 heterocycles. The Morgan fingerprint density at radius 1 is 1.11 bits per heavy atom. The number of hydrogen-bond acceptors (Lipinski definition) is 12. The van der Waals surface area contributed by atoms with Crippen molar-refractivity contribution in [2.45, 2.75) is 63.4 Å². The topological polar surface area (TPSA) is 182 Å². The minimum atomic E-state index is -1.07. The molecule has 14 nitrogen and oxygen atoms in total. The average Bonchev–Trinajstić information content (AvgIpc) is 3.54. The van der Waals surface area contributed by atoms with Gasteiger partial charge in [-0.05, 0) is 19.3 Å². The van der Waals surface area contributed by atoms with Crippen molar-refractivity contribution in [1.82, 2.24) is 20.3 Å². The molecule has 0 saturated carbocycles. The number of rotatable bonds is 20. The minimum Gasteiger partial charge on any atom is -0.390 e. The number of hydrogen-bond donors (Lipinski definition) is 4. The highest BCUT2D eigenvalue weighted by Crippen LogP contribution is 2.40. The first kappa shape index (κ1) is 30.8. The van der Waals surface area contributed by atoms with Crippen molar-refractivity contribution in [3.63, 3.8) is 0 Å². The molecule has 1 amide bonds. The van der Waals surface area contributed by atoms with E-state index in [2.05, 4.69) is 15.6 Å². The van der Waals surface area contributed by atoms with Gasteiger partial charge in [0.2, 0.25) is 5.91 Å². The van der Waals surface area contributed by atoms with Crippen LogP contribution in [0.4, 0.5) is 0 Å². The molecule has 2 bridgehead atoms. The van der Waals surface area contributed by atoms with Gasteiger partial charge in [-0.3, -0.25) is 4.79 Å². The second kappa shape index (κ2) is 16.4. The van der Waals surface area contributed by atoms with Crippen molar-refractivity contribution in [1.29, 1.82) is 0 Å². The van der Waals surface area contributed by atoms with Gasteiger partial charge in [-0.15, -0.1) is 5.10 Å². The third-order valence-corrected chi connectivity index (χ3v) is 6.42. The van der Waals surface area contributed by atoms with E-state index in [9.17, 15) is 15.0 Å². The zero-order valence-corrected chi connectivity index (χ0v) is 22.2. The van der Waals surface area contributed by atoms with Gasteiger partial charge in [0.05, 0.1) is 45.2 Å². The monoisotopic (exact) mass is 545 g/mol. The predicted octanol–water partition coefficient (Wildman–Crippen LogP) is -1.43. The van der Waals surface area contributed by atoms with E-state index in [0.717, 1.165) is 19.3 Å². The zero-order valence-electron chi connectivity index (χ0n) is 22.2. The molecule has 0 unspecified atom stereocenters. The Morgan fingerprint density at radius 3 is 2.39 bits per heavy atom. The molecule has 2 saturated heterocycles. The van der Waals surface area contributed by atoms with E-state index >= 15 is 0 Å². The fourth-order valence-corrected chi connectivity index (χ4v) is 4.24. The highest BCUT2D eigenvalue weighted by molar-refractivity contribution is 5.77. The van der Waals surface area contributed by atoms with Crippen LogP contribution in [0.3, 0.4) is 0 Å². The van der Waals surface area contributed by atoms with Gasteiger partial charge in [-0.25, -0.2) is 4.68 Å². The van der Waals surface area contributed by atoms with E-state index in [1.807, 2.05) is 0 Å². The Hall–Kier alpha value is -1.75. The Kier molecular flexibility index (Phi) is 13.3. The van der Waals surface area contributed by atoms with Gasteiger partial charge in [0.25, 0.3) is 0 Å². The summed E-state index contributed by atoms with van der Waals surface area (Å²) in [5.41, 5.74) is 4.82. The molecule has 0 radical (unpaired) electrons. The van der Waals surface area contributed by atoms with E-state index in [0.29, 0.717) is 65.1 Å². The summed E-state index contributed by atoms with van der Waals surface area (Å²) in [7, 11) is 0. The van der Waals surface area contributed by atoms with Crippen LogP contribution < -0.4 is 11.1 Å². The predicted molar refractivity (Wildman–Crippen MR) is 133 cm³/mol. The van der Waals surface area contributed by atoms with Crippen molar-refractivity contribution in [2.24, 2.45) is 11.7 Å². The number of amides is 1. The Balaban J connectivity index is 1.12. The highest BCUT2D eigenvalue weighted by Gasteiger charge is 2.58. The number of carbonyl (C=O) groups is 1. The van der Waals surface area contributed by atoms with E-state index < -0.39 is 24.1 Å². The highest BCUT2D eigenvalue weighted by atomic mass is 16.7. The van der Waals surface area contributed by atoms with Crippen LogP contribution in [0.25, 0.3) is 0 Å². The molecular formula is C24H43N5O9. The van der Waals surface area contributed by atoms with Crippen molar-refractivity contribution < 1.29 is 43.4 Å². The molecule has 0 aromatic carbocycles. The van der Waals surface area contributed by atoms with Crippen LogP contribution in [0.5, 0.6) is 0 Å². The third kappa shape index (κ3) is 9.47. The maximum absolute atomic E-state index is 11.0. The molecule has 2 aliphatic heterocycles. The number of aliphatic hydroxyl groups excluding tert-OH is 2. The smallest absolute Gasteiger partial charge is 0.233 e. The molecule has 2 fully saturated rings. The summed E-state index contributed by atoms with van der Waals surface area (Å²) >= 11 is 0. The number of aromatic nitrogens is 3. The van der Waals surface area contributed by atoms with E-state index in [-0.39, 0.29) is 31.5 Å². The van der Waals surface area contributed by atoms with Gasteiger partial charge < -0.3 is 49.7 Å². The lowest BCUT2D eigenvalue weighted by Gasteiger charge is -2.41. The molecule has 14 heteroatoms. The Morgan fingerprint density at radius 2 is 1.74 bits per heavy atom. The van der Waals surface area contributed by atoms with E-state index in [1.54, 1.807) is 17.8 Å². The standard InChI is InChI=1S/C24H43N5O9/c1-18-21(31)22(32)24(17-37-23(18)38-24)16-29-14-19(27-28-29)15-36-11-4-9-34-7-2-6-33-8-3-10-35-12-5-26-20(30)13-25/h14,18,21-23,31-32H,2-13,15-17,25H2,1H3,(H,26,30)/t18-,21-,22-,23+,24+/m1/s1. The second-order valence-corrected chi connectivity index (χ2v) is 9.57. The van der Waals surface area contributed by atoms with Crippen molar-refractivity contribution in [2.75, 3.05) is 65.9 Å². The molecule has 5 atom stereocenters. The summed E-state index contributed by atoms with van der Waals surface area (Å²) in [5.74, 6) is -0.485. The summed E-state index contributed by atoms with van der Waals surface area (Å²) < 4.78 is 35.3. The van der Waals surface area contributed by atoms with Gasteiger partial charge in [0, 0.05) is 52.1 Å². The van der Waals surface area contributed by atoms with Crippen molar-refractivity contribution in [3.8, 4) is 0 Å². The number of carbonyl (C=O) groups excluding carboxylic acids is 1. The summed E-state index contributed by atoms with van der Waals surface area (Å²) in [6.45, 7) is 7.03. The summed E-state index contributed by atoms with van der Waals surface area (Å²) in [4.78, 5) is 11.0. The number of nitrogens with zero attached hydrogens (tertiary/aromatic N) is 3. The first-order valence-corrected chi connectivity index (χ1v) is 13.3. The molecule has 2 aliphatic rings. The van der Waals surface area contributed by atoms with Gasteiger partial charge in [0.1, 0.15) is 17.4 Å². The SMILES string of the molecule is C[C@H]1[C@H]2OC[C@](Cn3cc(COCCCOCCCOCCCOCCNC(=O)CN)nn3)(O2)[C@H](O)[C@@H]1O. The zero-order chi connectivity index (χ0) is 27.2. The van der Waals surface area contributed by atoms with E-state index in [4.69, 9.17) is 34.2 Å². The first-order valence-electron chi connectivity index (χ1n) is 13.3. The van der Waals surface area contributed by atoms with Crippen LogP contribution in [-0.2, 0) is 46.4 Å². The lowest BCUT2D eigenvalue weighted by Crippen LogP contribution is -2.59. The maximum atomic E-state index is 11.0. The molecule has 38 heavy (non-hydrogen) atoms. The van der Waals surface area contributed by atoms with Gasteiger partial charge in [-0.1, -0.05) is 12.1 Å². The van der Waals surface area contributed by atoms with Crippen LogP contribution in [0.1, 0.15) is 31.9 Å². The molecule has 1 aromatic rings. The van der Waals surface area contributed by atoms with Crippen LogP contribution in [-0.4, -0.2) is 121 Å². The quantitative estimate of drug-likeness (QED) is 0.140. The molecule has 0 spiro atoms. The maximum Gasteiger partial charge on any atom is 0.233 e. The molecule has 218 valence electrons. The normalized spacial score (nSPS) is 26.6. The molecular weight excluding hydrogens is 502 g/mol. The minimum absolute atomic E-state index is 0.00811. The average molecular weight is 546 g/mol. The molecule has 0 aliphatic carbocycles. The number of aliphatic hydroxyl groups is 2. The first-order chi connectivity index (χ1) is 18.4. The van der Waals surface area contributed by atoms with Crippen molar-refractivity contribution >= 4 is 5.91 Å². The molecule has 1 aromatic heterocycles. The van der Waals surface area contributed by atoms with Crippen LogP contribution >= 0.6 is 0 Å². The van der Waals surface area contributed by atoms with E-state index in [1.165, 1.54) is 0 Å². The van der Waals surface area contributed by atoms with Crippen LogP contribution in [0.2, 0.25) is 0 Å². The summed E-state index contributed by atoms with van der Waals surface area (Å²) in [6.07, 6.45) is 1.60. The lowest BCUT2D eigenvalue weighted by molar-refractivity contribution is -0.240. The van der Waals surface area contributed by atoms with Gasteiger partial charge in [0.15, 0.2) is 6.29 Å². The number of fused-ring (bicyclic) bond motifs is 2. The fourth-order valence-electron chi connectivity index (χ4n) is 4.24. The lowest BCUT2D eigenvalue weighted by atomic mass is 9.85. The number of nitrogens with one attached hydrogen (secondary N) is 1. The largest absolute Gasteiger partial charge is 0.390 e. The third-order valence-electron chi connectivity index (χ3n) is 6.42. The Bertz CT molecular complexity index is 816. The van der Waals surface area contributed by atoms with Crippen LogP contribution in [0, 0.1) is 5.92 Å². The van der Waals surface area contributed by atoms with Crippen LogP contribution in [0.15, 0.2) is 6.20 Å². The number of nitrogens with two attached hydrogens (primary N) is 1. The molecule has 3 rings (SSSR count). The van der Waals surface area contributed by atoms with Gasteiger partial charge >= 0.3 is 0 Å². The second-order valence-electron chi connectivity index (χ2n) is 9.57. The number of ether oxygens (including phenoxy) is 6. The summed E-state index contributed by atoms with van der Waals surface area (Å²) in [6, 6.07) is 0.